The van der Waals surface area contributed by atoms with Gasteiger partial charge in [0.15, 0.2) is 5.65 Å². The second-order valence-corrected chi connectivity index (χ2v) is 7.15. The highest BCUT2D eigenvalue weighted by Crippen LogP contribution is 2.36. The van der Waals surface area contributed by atoms with Crippen LogP contribution in [0.3, 0.4) is 0 Å². The van der Waals surface area contributed by atoms with Crippen LogP contribution < -0.4 is 10.1 Å². The lowest BCUT2D eigenvalue weighted by molar-refractivity contribution is 0.417. The minimum Gasteiger partial charge on any atom is -0.495 e. The van der Waals surface area contributed by atoms with Crippen LogP contribution >= 0.6 is 0 Å². The maximum absolute atomic E-state index is 5.59. The van der Waals surface area contributed by atoms with E-state index >= 15 is 0 Å². The topological polar surface area (TPSA) is 75.7 Å². The Kier molecular flexibility index (Phi) is 4.98. The summed E-state index contributed by atoms with van der Waals surface area (Å²) in [6.45, 7) is 0. The lowest BCUT2D eigenvalue weighted by atomic mass is 10.0. The summed E-state index contributed by atoms with van der Waals surface area (Å²) in [6, 6.07) is 23.9. The van der Waals surface area contributed by atoms with E-state index in [9.17, 15) is 0 Å². The van der Waals surface area contributed by atoms with Crippen molar-refractivity contribution in [2.75, 3.05) is 12.4 Å². The summed E-state index contributed by atoms with van der Waals surface area (Å²) in [5, 5.41) is 11.7. The van der Waals surface area contributed by atoms with Crippen molar-refractivity contribution in [1.82, 2.24) is 20.2 Å². The minimum absolute atomic E-state index is 0.566. The number of benzene rings is 3. The Labute approximate surface area is 185 Å². The molecule has 0 spiro atoms. The van der Waals surface area contributed by atoms with Gasteiger partial charge in [-0.15, -0.1) is 6.42 Å². The Hall–Kier alpha value is -4.63. The van der Waals surface area contributed by atoms with Gasteiger partial charge < -0.3 is 10.1 Å². The van der Waals surface area contributed by atoms with Gasteiger partial charge in [-0.2, -0.15) is 5.10 Å². The third kappa shape index (κ3) is 3.53. The highest BCUT2D eigenvalue weighted by Gasteiger charge is 2.16. The predicted molar refractivity (Wildman–Crippen MR) is 127 cm³/mol. The molecule has 0 aliphatic rings. The van der Waals surface area contributed by atoms with Crippen LogP contribution in [-0.2, 0) is 0 Å². The lowest BCUT2D eigenvalue weighted by Crippen LogP contribution is -1.99. The summed E-state index contributed by atoms with van der Waals surface area (Å²) in [5.41, 5.74) is 6.11. The molecule has 5 rings (SSSR count). The molecular weight excluding hydrogens is 398 g/mol. The molecule has 0 unspecified atom stereocenters. The molecule has 0 saturated carbocycles. The molecule has 2 aromatic heterocycles. The Morgan fingerprint density at radius 2 is 1.69 bits per heavy atom. The van der Waals surface area contributed by atoms with E-state index in [4.69, 9.17) is 11.2 Å². The number of ether oxygens (including phenoxy) is 1. The van der Waals surface area contributed by atoms with Gasteiger partial charge in [-0.3, -0.25) is 5.10 Å². The lowest BCUT2D eigenvalue weighted by Gasteiger charge is -2.13. The summed E-state index contributed by atoms with van der Waals surface area (Å²) in [6.07, 6.45) is 6.98. The molecule has 6 heteroatoms. The Morgan fingerprint density at radius 1 is 0.906 bits per heavy atom. The molecule has 0 amide bonds. The van der Waals surface area contributed by atoms with Crippen molar-refractivity contribution < 1.29 is 4.74 Å². The highest BCUT2D eigenvalue weighted by molar-refractivity contribution is 6.00. The first-order chi connectivity index (χ1) is 15.8. The molecule has 0 saturated heterocycles. The Balaban J connectivity index is 1.60. The number of anilines is 2. The van der Waals surface area contributed by atoms with Gasteiger partial charge in [0, 0.05) is 11.1 Å². The standard InChI is InChI=1S/C26H19N5O/c1-3-17-9-11-19(12-10-17)24-23-25(27-16-28-26(23)31-30-24)29-21-15-20(13-14-22(21)32-2)18-7-5-4-6-8-18/h1,4-16H,2H3,(H2,27,28,29,30,31). The van der Waals surface area contributed by atoms with Crippen molar-refractivity contribution in [3.8, 4) is 40.5 Å². The first-order valence-electron chi connectivity index (χ1n) is 10.0. The number of aromatic amines is 1. The number of nitrogens with one attached hydrogen (secondary N) is 2. The van der Waals surface area contributed by atoms with Gasteiger partial charge in [0.25, 0.3) is 0 Å². The first-order valence-corrected chi connectivity index (χ1v) is 10.0. The molecule has 32 heavy (non-hydrogen) atoms. The van der Waals surface area contributed by atoms with Crippen LogP contribution in [-0.4, -0.2) is 27.3 Å². The molecule has 0 fully saturated rings. The van der Waals surface area contributed by atoms with E-state index in [1.165, 1.54) is 6.33 Å². The molecule has 0 aliphatic carbocycles. The van der Waals surface area contributed by atoms with Gasteiger partial charge in [0.05, 0.1) is 23.9 Å². The van der Waals surface area contributed by atoms with E-state index in [2.05, 4.69) is 43.5 Å². The summed E-state index contributed by atoms with van der Waals surface area (Å²) in [5.74, 6) is 3.97. The molecule has 2 heterocycles. The number of methoxy groups -OCH3 is 1. The second kappa shape index (κ2) is 8.25. The highest BCUT2D eigenvalue weighted by atomic mass is 16.5. The Bertz CT molecular complexity index is 1430. The van der Waals surface area contributed by atoms with Crippen LogP contribution in [0.2, 0.25) is 0 Å². The van der Waals surface area contributed by atoms with Gasteiger partial charge >= 0.3 is 0 Å². The smallest absolute Gasteiger partial charge is 0.186 e. The van der Waals surface area contributed by atoms with Crippen LogP contribution in [0.5, 0.6) is 5.75 Å². The number of aromatic nitrogens is 4. The van der Waals surface area contributed by atoms with Crippen LogP contribution in [0.4, 0.5) is 11.5 Å². The third-order valence-corrected chi connectivity index (χ3v) is 5.25. The van der Waals surface area contributed by atoms with E-state index in [1.807, 2.05) is 60.7 Å². The van der Waals surface area contributed by atoms with Crippen LogP contribution in [0, 0.1) is 12.3 Å². The largest absolute Gasteiger partial charge is 0.495 e. The number of hydrogen-bond donors (Lipinski definition) is 2. The third-order valence-electron chi connectivity index (χ3n) is 5.25. The van der Waals surface area contributed by atoms with Gasteiger partial charge in [-0.1, -0.05) is 54.5 Å². The van der Waals surface area contributed by atoms with Crippen molar-refractivity contribution in [2.24, 2.45) is 0 Å². The number of hydrogen-bond acceptors (Lipinski definition) is 5. The van der Waals surface area contributed by atoms with E-state index in [1.54, 1.807) is 7.11 Å². The van der Waals surface area contributed by atoms with E-state index in [0.29, 0.717) is 17.2 Å². The van der Waals surface area contributed by atoms with E-state index in [-0.39, 0.29) is 0 Å². The van der Waals surface area contributed by atoms with Crippen molar-refractivity contribution in [1.29, 1.82) is 0 Å². The zero-order valence-electron chi connectivity index (χ0n) is 17.3. The number of fused-ring (bicyclic) bond motifs is 1. The second-order valence-electron chi connectivity index (χ2n) is 7.15. The molecule has 2 N–H and O–H groups in total. The van der Waals surface area contributed by atoms with Gasteiger partial charge in [0.1, 0.15) is 17.9 Å². The van der Waals surface area contributed by atoms with Gasteiger partial charge in [-0.05, 0) is 35.4 Å². The summed E-state index contributed by atoms with van der Waals surface area (Å²) in [7, 11) is 1.65. The summed E-state index contributed by atoms with van der Waals surface area (Å²) >= 11 is 0. The molecular formula is C26H19N5O. The SMILES string of the molecule is C#Cc1ccc(-c2[nH]nc3ncnc(Nc4cc(-c5ccccc5)ccc4OC)c23)cc1. The van der Waals surface area contributed by atoms with Crippen molar-refractivity contribution >= 4 is 22.5 Å². The first kappa shape index (κ1) is 19.3. The van der Waals surface area contributed by atoms with Gasteiger partial charge in [0.2, 0.25) is 0 Å². The molecule has 154 valence electrons. The zero-order valence-corrected chi connectivity index (χ0v) is 17.3. The maximum Gasteiger partial charge on any atom is 0.186 e. The molecule has 0 aliphatic heterocycles. The number of terminal acetylenes is 1. The summed E-state index contributed by atoms with van der Waals surface area (Å²) in [4.78, 5) is 8.82. The van der Waals surface area contributed by atoms with Gasteiger partial charge in [-0.25, -0.2) is 9.97 Å². The Morgan fingerprint density at radius 3 is 2.44 bits per heavy atom. The average Bonchev–Trinajstić information content (AvgIpc) is 3.30. The van der Waals surface area contributed by atoms with Crippen molar-refractivity contribution in [3.63, 3.8) is 0 Å². The van der Waals surface area contributed by atoms with E-state index < -0.39 is 0 Å². The molecule has 0 radical (unpaired) electrons. The van der Waals surface area contributed by atoms with Crippen LogP contribution in [0.25, 0.3) is 33.4 Å². The molecule has 0 atom stereocenters. The minimum atomic E-state index is 0.566. The quantitative estimate of drug-likeness (QED) is 0.374. The monoisotopic (exact) mass is 417 g/mol. The average molecular weight is 417 g/mol. The summed E-state index contributed by atoms with van der Waals surface area (Å²) < 4.78 is 5.59. The van der Waals surface area contributed by atoms with Crippen molar-refractivity contribution in [3.05, 3.63) is 84.7 Å². The van der Waals surface area contributed by atoms with E-state index in [0.717, 1.165) is 39.0 Å². The fourth-order valence-electron chi connectivity index (χ4n) is 3.64. The fourth-order valence-corrected chi connectivity index (χ4v) is 3.64. The normalized spacial score (nSPS) is 10.6. The zero-order chi connectivity index (χ0) is 21.9. The fraction of sp³-hybridized carbons (Fsp3) is 0.0385. The molecule has 3 aromatic carbocycles. The number of H-pyrrole nitrogens is 1. The number of nitrogens with zero attached hydrogens (tertiary/aromatic N) is 3. The number of rotatable bonds is 5. The predicted octanol–water partition coefficient (Wildman–Crippen LogP) is 5.42. The molecule has 5 aromatic rings. The van der Waals surface area contributed by atoms with Crippen LogP contribution in [0.15, 0.2) is 79.1 Å². The van der Waals surface area contributed by atoms with Crippen LogP contribution in [0.1, 0.15) is 5.56 Å². The van der Waals surface area contributed by atoms with Crippen molar-refractivity contribution in [2.45, 2.75) is 0 Å². The maximum atomic E-state index is 5.59. The molecule has 6 nitrogen and oxygen atoms in total. The molecule has 0 bridgehead atoms.